The van der Waals surface area contributed by atoms with E-state index in [-0.39, 0.29) is 41.2 Å². The van der Waals surface area contributed by atoms with Crippen molar-refractivity contribution in [3.05, 3.63) is 40.5 Å². The van der Waals surface area contributed by atoms with E-state index in [1.54, 1.807) is 38.6 Å². The molecule has 1 saturated heterocycles. The van der Waals surface area contributed by atoms with Crippen LogP contribution < -0.4 is 21.5 Å². The number of halogens is 1. The number of ether oxygens (including phenoxy) is 1. The molecule has 36 heavy (non-hydrogen) atoms. The molecule has 3 N–H and O–H groups in total. The lowest BCUT2D eigenvalue weighted by Gasteiger charge is -2.35. The number of nitrogens with one attached hydrogen (secondary N) is 3. The maximum absolute atomic E-state index is 14.7. The number of pyridine rings is 2. The summed E-state index contributed by atoms with van der Waals surface area (Å²) in [6.45, 7) is 0.992. The fourth-order valence-electron chi connectivity index (χ4n) is 4.84. The molecule has 1 unspecified atom stereocenters. The largest absolute Gasteiger partial charge is 0.386 e. The first kappa shape index (κ1) is 24.2. The summed E-state index contributed by atoms with van der Waals surface area (Å²) in [5.74, 6) is -0.143. The monoisotopic (exact) mass is 499 g/mol. The van der Waals surface area contributed by atoms with Crippen molar-refractivity contribution < 1.29 is 18.4 Å². The number of hydrogen-bond donors (Lipinski definition) is 3. The molecule has 0 radical (unpaired) electrons. The summed E-state index contributed by atoms with van der Waals surface area (Å²) in [5, 5.41) is 13.0. The van der Waals surface area contributed by atoms with Gasteiger partial charge in [-0.25, -0.2) is 9.37 Å². The van der Waals surface area contributed by atoms with Gasteiger partial charge in [0.25, 0.3) is 11.5 Å². The summed E-state index contributed by atoms with van der Waals surface area (Å²) >= 11 is 0. The predicted molar refractivity (Wildman–Crippen MR) is 133 cm³/mol. The Morgan fingerprint density at radius 1 is 1.25 bits per heavy atom. The van der Waals surface area contributed by atoms with Crippen LogP contribution in [0.5, 0.6) is 0 Å². The molecular weight excluding hydrogens is 469 g/mol. The first-order valence-electron chi connectivity index (χ1n) is 12.0. The molecule has 12 heteroatoms. The topological polar surface area (TPSA) is 127 Å². The number of nitrogens with zero attached hydrogens (tertiary/aromatic N) is 4. The zero-order chi connectivity index (χ0) is 25.4. The average molecular weight is 500 g/mol. The van der Waals surface area contributed by atoms with E-state index >= 15 is 0 Å². The van der Waals surface area contributed by atoms with Crippen LogP contribution in [0.4, 0.5) is 21.6 Å². The van der Waals surface area contributed by atoms with Crippen LogP contribution in [0.3, 0.4) is 0 Å². The highest BCUT2D eigenvalue weighted by atomic mass is 19.1. The lowest BCUT2D eigenvalue weighted by molar-refractivity contribution is 0.00678. The lowest BCUT2D eigenvalue weighted by Crippen LogP contribution is -2.51. The van der Waals surface area contributed by atoms with Gasteiger partial charge in [0.2, 0.25) is 5.76 Å². The number of rotatable bonds is 7. The summed E-state index contributed by atoms with van der Waals surface area (Å²) < 4.78 is 26.9. The van der Waals surface area contributed by atoms with E-state index < -0.39 is 18.1 Å². The van der Waals surface area contributed by atoms with Gasteiger partial charge in [-0.15, -0.1) is 0 Å². The molecule has 2 fully saturated rings. The number of carbonyl (C=O) groups excluding carboxylic acids is 1. The lowest BCUT2D eigenvalue weighted by atomic mass is 9.89. The third-order valence-electron chi connectivity index (χ3n) is 7.05. The van der Waals surface area contributed by atoms with Crippen molar-refractivity contribution in [3.8, 4) is 0 Å². The van der Waals surface area contributed by atoms with Gasteiger partial charge >= 0.3 is 0 Å². The van der Waals surface area contributed by atoms with Gasteiger partial charge in [0, 0.05) is 39.5 Å². The molecule has 3 aromatic rings. The quantitative estimate of drug-likeness (QED) is 0.449. The van der Waals surface area contributed by atoms with E-state index in [1.807, 2.05) is 11.9 Å². The smallest absolute Gasteiger partial charge is 0.292 e. The first-order valence-corrected chi connectivity index (χ1v) is 12.0. The van der Waals surface area contributed by atoms with E-state index in [0.717, 1.165) is 12.8 Å². The maximum atomic E-state index is 14.7. The van der Waals surface area contributed by atoms with Gasteiger partial charge in [0.15, 0.2) is 5.52 Å². The summed E-state index contributed by atoms with van der Waals surface area (Å²) in [6.07, 6.45) is 2.67. The zero-order valence-corrected chi connectivity index (χ0v) is 20.5. The van der Waals surface area contributed by atoms with Crippen molar-refractivity contribution in [2.45, 2.75) is 43.6 Å². The number of alkyl halides is 1. The Labute approximate surface area is 207 Å². The van der Waals surface area contributed by atoms with E-state index in [4.69, 9.17) is 9.26 Å². The highest BCUT2D eigenvalue weighted by molar-refractivity contribution is 6.05. The molecule has 1 aliphatic heterocycles. The average Bonchev–Trinajstić information content (AvgIpc) is 3.27. The van der Waals surface area contributed by atoms with E-state index in [2.05, 4.69) is 26.1 Å². The molecule has 192 valence electrons. The van der Waals surface area contributed by atoms with Crippen LogP contribution >= 0.6 is 0 Å². The molecule has 0 bridgehead atoms. The number of piperidine rings is 1. The van der Waals surface area contributed by atoms with Gasteiger partial charge < -0.3 is 34.7 Å². The van der Waals surface area contributed by atoms with Crippen molar-refractivity contribution in [1.29, 1.82) is 0 Å². The molecule has 0 aromatic carbocycles. The van der Waals surface area contributed by atoms with Crippen LogP contribution in [0.15, 0.2) is 33.7 Å². The first-order chi connectivity index (χ1) is 17.4. The predicted octanol–water partition coefficient (Wildman–Crippen LogP) is 2.29. The molecule has 4 atom stereocenters. The number of carbonyl (C=O) groups is 1. The van der Waals surface area contributed by atoms with Crippen molar-refractivity contribution >= 4 is 34.1 Å². The van der Waals surface area contributed by atoms with Crippen molar-refractivity contribution in [2.75, 3.05) is 44.9 Å². The molecule has 1 aliphatic carbocycles. The second-order valence-corrected chi connectivity index (χ2v) is 9.34. The van der Waals surface area contributed by atoms with Gasteiger partial charge in [-0.1, -0.05) is 5.16 Å². The molecule has 4 heterocycles. The van der Waals surface area contributed by atoms with Crippen molar-refractivity contribution in [3.63, 3.8) is 0 Å². The Morgan fingerprint density at radius 3 is 2.78 bits per heavy atom. The summed E-state index contributed by atoms with van der Waals surface area (Å²) in [4.78, 5) is 32.6. The van der Waals surface area contributed by atoms with Gasteiger partial charge in [0.05, 0.1) is 23.9 Å². The Morgan fingerprint density at radius 2 is 2.08 bits per heavy atom. The fourth-order valence-corrected chi connectivity index (χ4v) is 4.84. The fraction of sp³-hybridized carbons (Fsp3) is 0.500. The standard InChI is InChI=1S/C24H30FN7O4/c1-26-16-11-19(27-15-5-4-9-32(24(15)34)17-8-10-31(2)12-13(17)25)29-21-20(16)30-36-22(21)23(33)28-14-6-7-18(14)35-3/h4-5,9,11,13-14,17-18,26H,6-8,10,12H2,1-3H3,(H,27,29)(H,28,33)/t13-,14-,17?,18-/m1/s1. The minimum absolute atomic E-state index is 0.0241. The minimum Gasteiger partial charge on any atom is -0.386 e. The summed E-state index contributed by atoms with van der Waals surface area (Å²) in [6, 6.07) is 4.36. The molecule has 0 spiro atoms. The molecule has 1 amide bonds. The van der Waals surface area contributed by atoms with Crippen LogP contribution in [0, 0.1) is 0 Å². The van der Waals surface area contributed by atoms with E-state index in [9.17, 15) is 14.0 Å². The number of anilines is 3. The van der Waals surface area contributed by atoms with E-state index in [1.165, 1.54) is 4.57 Å². The second-order valence-electron chi connectivity index (χ2n) is 9.34. The minimum atomic E-state index is -1.14. The number of amides is 1. The van der Waals surface area contributed by atoms with E-state index in [0.29, 0.717) is 30.0 Å². The third-order valence-corrected chi connectivity index (χ3v) is 7.05. The molecule has 11 nitrogen and oxygen atoms in total. The normalized spacial score (nSPS) is 24.3. The maximum Gasteiger partial charge on any atom is 0.292 e. The Balaban J connectivity index is 1.44. The van der Waals surface area contributed by atoms with Crippen LogP contribution in [-0.4, -0.2) is 78.1 Å². The molecule has 1 saturated carbocycles. The highest BCUT2D eigenvalue weighted by Crippen LogP contribution is 2.29. The van der Waals surface area contributed by atoms with Crippen molar-refractivity contribution in [2.24, 2.45) is 0 Å². The Kier molecular flexibility index (Phi) is 6.63. The summed E-state index contributed by atoms with van der Waals surface area (Å²) in [5.41, 5.74) is 1.12. The van der Waals surface area contributed by atoms with Crippen LogP contribution in [0.25, 0.3) is 11.0 Å². The summed E-state index contributed by atoms with van der Waals surface area (Å²) in [7, 11) is 5.19. The number of fused-ring (bicyclic) bond motifs is 1. The number of aromatic nitrogens is 3. The highest BCUT2D eigenvalue weighted by Gasteiger charge is 2.34. The SMILES string of the molecule is CNc1cc(Nc2cccn(C3CCN(C)C[C@H]3F)c2=O)nc2c(C(=O)N[C@@H]3CC[C@H]3OC)onc12. The Bertz CT molecular complexity index is 1320. The molecular formula is C24H30FN7O4. The molecule has 3 aromatic heterocycles. The zero-order valence-electron chi connectivity index (χ0n) is 20.5. The number of hydrogen-bond acceptors (Lipinski definition) is 9. The number of likely N-dealkylation sites (tertiary alicyclic amines) is 1. The van der Waals surface area contributed by atoms with Gasteiger partial charge in [-0.2, -0.15) is 0 Å². The van der Waals surface area contributed by atoms with Crippen LogP contribution in [0.2, 0.25) is 0 Å². The van der Waals surface area contributed by atoms with Gasteiger partial charge in [-0.3, -0.25) is 9.59 Å². The van der Waals surface area contributed by atoms with Gasteiger partial charge in [0.1, 0.15) is 23.2 Å². The van der Waals surface area contributed by atoms with Crippen LogP contribution in [0.1, 0.15) is 35.9 Å². The Hall–Kier alpha value is -3.51. The molecule has 5 rings (SSSR count). The number of methoxy groups -OCH3 is 1. The van der Waals surface area contributed by atoms with Gasteiger partial charge in [-0.05, 0) is 38.4 Å². The third kappa shape index (κ3) is 4.42. The molecule has 2 aliphatic rings. The van der Waals surface area contributed by atoms with Crippen LogP contribution in [-0.2, 0) is 4.74 Å². The second kappa shape index (κ2) is 9.86. The van der Waals surface area contributed by atoms with Crippen molar-refractivity contribution in [1.82, 2.24) is 24.9 Å².